The lowest BCUT2D eigenvalue weighted by molar-refractivity contribution is -0.132. The van der Waals surface area contributed by atoms with E-state index in [-0.39, 0.29) is 18.3 Å². The van der Waals surface area contributed by atoms with Crippen molar-refractivity contribution in [3.63, 3.8) is 0 Å². The van der Waals surface area contributed by atoms with E-state index in [2.05, 4.69) is 16.9 Å². The van der Waals surface area contributed by atoms with Gasteiger partial charge in [-0.25, -0.2) is 4.39 Å². The number of piperazine rings is 1. The summed E-state index contributed by atoms with van der Waals surface area (Å²) in [4.78, 5) is 16.5. The molecule has 2 aromatic rings. The quantitative estimate of drug-likeness (QED) is 0.819. The Bertz CT molecular complexity index is 723. The van der Waals surface area contributed by atoms with E-state index >= 15 is 0 Å². The average Bonchev–Trinajstić information content (AvgIpc) is 2.95. The van der Waals surface area contributed by atoms with Crippen molar-refractivity contribution in [2.75, 3.05) is 31.1 Å². The molecule has 1 fully saturated rings. The topological polar surface area (TPSA) is 41.4 Å². The Kier molecular flexibility index (Phi) is 5.58. The SMILES string of the molecule is CCCc1nn(CC(=O)N2CCN(c3ccc(F)cc3)CC2)cc1Cl. The van der Waals surface area contributed by atoms with E-state index in [0.29, 0.717) is 18.1 Å². The van der Waals surface area contributed by atoms with Crippen molar-refractivity contribution in [1.82, 2.24) is 14.7 Å². The van der Waals surface area contributed by atoms with Crippen LogP contribution in [0.1, 0.15) is 19.0 Å². The summed E-state index contributed by atoms with van der Waals surface area (Å²) >= 11 is 6.15. The van der Waals surface area contributed by atoms with Crippen molar-refractivity contribution in [1.29, 1.82) is 0 Å². The highest BCUT2D eigenvalue weighted by Gasteiger charge is 2.22. The fourth-order valence-electron chi connectivity index (χ4n) is 3.03. The van der Waals surface area contributed by atoms with Crippen LogP contribution in [0.2, 0.25) is 5.02 Å². The summed E-state index contributed by atoms with van der Waals surface area (Å²) < 4.78 is 14.6. The van der Waals surface area contributed by atoms with Crippen molar-refractivity contribution in [3.05, 3.63) is 47.0 Å². The zero-order valence-corrected chi connectivity index (χ0v) is 15.0. The Morgan fingerprint density at radius 1 is 1.20 bits per heavy atom. The first kappa shape index (κ1) is 17.7. The molecular weight excluding hydrogens is 343 g/mol. The largest absolute Gasteiger partial charge is 0.368 e. The maximum atomic E-state index is 13.0. The van der Waals surface area contributed by atoms with E-state index in [1.165, 1.54) is 12.1 Å². The Labute approximate surface area is 152 Å². The molecule has 0 atom stereocenters. The number of amides is 1. The van der Waals surface area contributed by atoms with Crippen LogP contribution in [0.3, 0.4) is 0 Å². The fraction of sp³-hybridized carbons (Fsp3) is 0.444. The molecule has 5 nitrogen and oxygen atoms in total. The third kappa shape index (κ3) is 4.31. The molecule has 0 aliphatic carbocycles. The molecule has 1 aromatic heterocycles. The monoisotopic (exact) mass is 364 g/mol. The maximum absolute atomic E-state index is 13.0. The van der Waals surface area contributed by atoms with Crippen molar-refractivity contribution < 1.29 is 9.18 Å². The number of nitrogens with zero attached hydrogens (tertiary/aromatic N) is 4. The van der Waals surface area contributed by atoms with Gasteiger partial charge in [-0.15, -0.1) is 0 Å². The Morgan fingerprint density at radius 3 is 2.52 bits per heavy atom. The molecule has 0 radical (unpaired) electrons. The second kappa shape index (κ2) is 7.87. The van der Waals surface area contributed by atoms with Gasteiger partial charge in [0.05, 0.1) is 10.7 Å². The number of anilines is 1. The van der Waals surface area contributed by atoms with E-state index in [1.54, 1.807) is 23.0 Å². The predicted molar refractivity (Wildman–Crippen MR) is 96.4 cm³/mol. The predicted octanol–water partition coefficient (Wildman–Crippen LogP) is 2.98. The van der Waals surface area contributed by atoms with Crippen LogP contribution in [0.5, 0.6) is 0 Å². The van der Waals surface area contributed by atoms with Crippen LogP contribution < -0.4 is 4.90 Å². The minimum Gasteiger partial charge on any atom is -0.368 e. The fourth-order valence-corrected chi connectivity index (χ4v) is 3.27. The number of aromatic nitrogens is 2. The first-order valence-electron chi connectivity index (χ1n) is 8.57. The number of hydrogen-bond acceptors (Lipinski definition) is 3. The molecule has 0 bridgehead atoms. The van der Waals surface area contributed by atoms with E-state index < -0.39 is 0 Å². The molecule has 134 valence electrons. The second-order valence-corrected chi connectivity index (χ2v) is 6.62. The summed E-state index contributed by atoms with van der Waals surface area (Å²) in [6.07, 6.45) is 3.51. The highest BCUT2D eigenvalue weighted by molar-refractivity contribution is 6.31. The van der Waals surface area contributed by atoms with Crippen LogP contribution in [0, 0.1) is 5.82 Å². The number of aryl methyl sites for hydroxylation is 1. The van der Waals surface area contributed by atoms with Gasteiger partial charge in [0, 0.05) is 38.1 Å². The molecule has 0 spiro atoms. The van der Waals surface area contributed by atoms with Crippen LogP contribution in [0.15, 0.2) is 30.5 Å². The number of benzene rings is 1. The second-order valence-electron chi connectivity index (χ2n) is 6.22. The molecule has 3 rings (SSSR count). The molecule has 2 heterocycles. The van der Waals surface area contributed by atoms with Crippen LogP contribution in [0.25, 0.3) is 0 Å². The van der Waals surface area contributed by atoms with Gasteiger partial charge in [-0.3, -0.25) is 9.48 Å². The first-order valence-corrected chi connectivity index (χ1v) is 8.94. The van der Waals surface area contributed by atoms with Crippen LogP contribution in [0.4, 0.5) is 10.1 Å². The standard InChI is InChI=1S/C18H22ClFN4O/c1-2-3-17-16(19)12-24(21-17)13-18(25)23-10-8-22(9-11-23)15-6-4-14(20)5-7-15/h4-7,12H,2-3,8-11,13H2,1H3. The third-order valence-corrected chi connectivity index (χ3v) is 4.71. The number of carbonyl (C=O) groups is 1. The van der Waals surface area contributed by atoms with Gasteiger partial charge in [0.2, 0.25) is 5.91 Å². The lowest BCUT2D eigenvalue weighted by atomic mass is 10.2. The van der Waals surface area contributed by atoms with Crippen molar-refractivity contribution >= 4 is 23.2 Å². The smallest absolute Gasteiger partial charge is 0.244 e. The maximum Gasteiger partial charge on any atom is 0.244 e. The molecule has 0 unspecified atom stereocenters. The van der Waals surface area contributed by atoms with Gasteiger partial charge < -0.3 is 9.80 Å². The molecule has 1 aliphatic heterocycles. The summed E-state index contributed by atoms with van der Waals surface area (Å²) in [6, 6.07) is 6.46. The van der Waals surface area contributed by atoms with Crippen molar-refractivity contribution in [3.8, 4) is 0 Å². The number of halogens is 2. The normalized spacial score (nSPS) is 14.8. The van der Waals surface area contributed by atoms with Gasteiger partial charge in [-0.2, -0.15) is 5.10 Å². The van der Waals surface area contributed by atoms with E-state index in [1.807, 2.05) is 4.90 Å². The van der Waals surface area contributed by atoms with Crippen LogP contribution in [-0.2, 0) is 17.8 Å². The minimum absolute atomic E-state index is 0.0426. The summed E-state index contributed by atoms with van der Waals surface area (Å²) in [5.74, 6) is -0.195. The average molecular weight is 365 g/mol. The molecule has 1 aliphatic rings. The molecule has 1 saturated heterocycles. The Hall–Kier alpha value is -2.08. The summed E-state index contributed by atoms with van der Waals surface area (Å²) in [5.41, 5.74) is 1.83. The van der Waals surface area contributed by atoms with Crippen molar-refractivity contribution in [2.45, 2.75) is 26.3 Å². The summed E-state index contributed by atoms with van der Waals surface area (Å²) in [6.45, 7) is 5.04. The van der Waals surface area contributed by atoms with Gasteiger partial charge in [-0.1, -0.05) is 24.9 Å². The number of hydrogen-bond donors (Lipinski definition) is 0. The Balaban J connectivity index is 1.54. The molecular formula is C18H22ClFN4O. The first-order chi connectivity index (χ1) is 12.1. The minimum atomic E-state index is -0.238. The third-order valence-electron chi connectivity index (χ3n) is 4.40. The summed E-state index contributed by atoms with van der Waals surface area (Å²) in [7, 11) is 0. The lowest BCUT2D eigenvalue weighted by Crippen LogP contribution is -2.49. The van der Waals surface area contributed by atoms with E-state index in [4.69, 9.17) is 11.6 Å². The molecule has 0 saturated carbocycles. The van der Waals surface area contributed by atoms with E-state index in [0.717, 1.165) is 37.3 Å². The van der Waals surface area contributed by atoms with Gasteiger partial charge in [0.15, 0.2) is 0 Å². The van der Waals surface area contributed by atoms with Crippen LogP contribution in [-0.4, -0.2) is 46.8 Å². The molecule has 7 heteroatoms. The lowest BCUT2D eigenvalue weighted by Gasteiger charge is -2.36. The van der Waals surface area contributed by atoms with Crippen molar-refractivity contribution in [2.24, 2.45) is 0 Å². The highest BCUT2D eigenvalue weighted by Crippen LogP contribution is 2.18. The highest BCUT2D eigenvalue weighted by atomic mass is 35.5. The summed E-state index contributed by atoms with van der Waals surface area (Å²) in [5, 5.41) is 5.02. The van der Waals surface area contributed by atoms with Gasteiger partial charge >= 0.3 is 0 Å². The van der Waals surface area contributed by atoms with E-state index in [9.17, 15) is 9.18 Å². The van der Waals surface area contributed by atoms with Gasteiger partial charge in [0.25, 0.3) is 0 Å². The number of carbonyl (C=O) groups excluding carboxylic acids is 1. The molecule has 25 heavy (non-hydrogen) atoms. The van der Waals surface area contributed by atoms with Gasteiger partial charge in [-0.05, 0) is 30.7 Å². The number of rotatable bonds is 5. The zero-order chi connectivity index (χ0) is 17.8. The van der Waals surface area contributed by atoms with Crippen LogP contribution >= 0.6 is 11.6 Å². The molecule has 1 aromatic carbocycles. The zero-order valence-electron chi connectivity index (χ0n) is 14.3. The Morgan fingerprint density at radius 2 is 1.88 bits per heavy atom. The van der Waals surface area contributed by atoms with Gasteiger partial charge in [0.1, 0.15) is 12.4 Å². The molecule has 1 amide bonds. The molecule has 0 N–H and O–H groups in total.